The minimum absolute atomic E-state index is 0.00568. The molecule has 0 unspecified atom stereocenters. The molecule has 90 valence electrons. The molecule has 0 spiro atoms. The molecule has 0 fully saturated rings. The summed E-state index contributed by atoms with van der Waals surface area (Å²) >= 11 is 5.05. The average molecular weight is 230 g/mol. The third kappa shape index (κ3) is 5.47. The maximum Gasteiger partial charge on any atom is 0.0784 e. The van der Waals surface area contributed by atoms with E-state index in [1.165, 1.54) is 0 Å². The summed E-state index contributed by atoms with van der Waals surface area (Å²) in [6, 6.07) is 0.628. The van der Waals surface area contributed by atoms with Gasteiger partial charge in [0.05, 0.1) is 4.99 Å². The molecule has 0 saturated heterocycles. The van der Waals surface area contributed by atoms with Crippen LogP contribution in [0.3, 0.4) is 0 Å². The van der Waals surface area contributed by atoms with E-state index < -0.39 is 0 Å². The Kier molecular flexibility index (Phi) is 6.37. The highest BCUT2D eigenvalue weighted by Crippen LogP contribution is 2.22. The van der Waals surface area contributed by atoms with Crippen molar-refractivity contribution in [1.82, 2.24) is 4.90 Å². The lowest BCUT2D eigenvalue weighted by atomic mass is 9.88. The number of hydrogen-bond donors (Lipinski definition) is 1. The predicted molar refractivity (Wildman–Crippen MR) is 72.2 cm³/mol. The first-order valence-corrected chi connectivity index (χ1v) is 6.26. The first-order chi connectivity index (χ1) is 6.81. The van der Waals surface area contributed by atoms with Crippen LogP contribution in [-0.2, 0) is 0 Å². The van der Waals surface area contributed by atoms with Crippen LogP contribution >= 0.6 is 12.2 Å². The Morgan fingerprint density at radius 2 is 1.93 bits per heavy atom. The van der Waals surface area contributed by atoms with Crippen LogP contribution in [0.5, 0.6) is 0 Å². The highest BCUT2D eigenvalue weighted by Gasteiger charge is 2.21. The molecule has 0 radical (unpaired) electrons. The van der Waals surface area contributed by atoms with Gasteiger partial charge < -0.3 is 10.6 Å². The van der Waals surface area contributed by atoms with E-state index in [-0.39, 0.29) is 5.41 Å². The van der Waals surface area contributed by atoms with E-state index in [1.54, 1.807) is 0 Å². The summed E-state index contributed by atoms with van der Waals surface area (Å²) < 4.78 is 0. The molecule has 0 amide bonds. The van der Waals surface area contributed by atoms with E-state index >= 15 is 0 Å². The molecule has 0 aliphatic carbocycles. The van der Waals surface area contributed by atoms with Gasteiger partial charge in [-0.2, -0.15) is 0 Å². The number of rotatable bonds is 7. The minimum atomic E-state index is 0.00568. The van der Waals surface area contributed by atoms with E-state index in [9.17, 15) is 0 Å². The van der Waals surface area contributed by atoms with Gasteiger partial charge in [-0.3, -0.25) is 0 Å². The summed E-state index contributed by atoms with van der Waals surface area (Å²) in [4.78, 5) is 3.10. The van der Waals surface area contributed by atoms with Crippen molar-refractivity contribution in [2.45, 2.75) is 53.5 Å². The molecule has 3 heteroatoms. The lowest BCUT2D eigenvalue weighted by Gasteiger charge is -2.28. The monoisotopic (exact) mass is 230 g/mol. The molecule has 15 heavy (non-hydrogen) atoms. The quantitative estimate of drug-likeness (QED) is 0.682. The van der Waals surface area contributed by atoms with Crippen molar-refractivity contribution in [2.75, 3.05) is 13.1 Å². The summed E-state index contributed by atoms with van der Waals surface area (Å²) in [6.45, 7) is 13.2. The van der Waals surface area contributed by atoms with Gasteiger partial charge in [-0.05, 0) is 39.8 Å². The fourth-order valence-corrected chi connectivity index (χ4v) is 1.73. The van der Waals surface area contributed by atoms with Crippen LogP contribution in [0.1, 0.15) is 47.5 Å². The standard InChI is InChI=1S/C12H26N2S/c1-6-14(10(2)3)9-7-8-12(4,5)11(13)15/h10H,6-9H2,1-5H3,(H2,13,15). The largest absolute Gasteiger partial charge is 0.393 e. The van der Waals surface area contributed by atoms with Gasteiger partial charge in [-0.25, -0.2) is 0 Å². The third-order valence-electron chi connectivity index (χ3n) is 3.05. The molecule has 2 nitrogen and oxygen atoms in total. The van der Waals surface area contributed by atoms with Crippen molar-refractivity contribution in [3.8, 4) is 0 Å². The van der Waals surface area contributed by atoms with Crippen LogP contribution in [0.2, 0.25) is 0 Å². The zero-order chi connectivity index (χ0) is 12.1. The van der Waals surface area contributed by atoms with Gasteiger partial charge in [0.15, 0.2) is 0 Å². The fourth-order valence-electron chi connectivity index (χ4n) is 1.63. The van der Waals surface area contributed by atoms with E-state index in [0.717, 1.165) is 25.9 Å². The van der Waals surface area contributed by atoms with Crippen molar-refractivity contribution in [1.29, 1.82) is 0 Å². The average Bonchev–Trinajstić information content (AvgIpc) is 2.11. The Balaban J connectivity index is 3.92. The SMILES string of the molecule is CCN(CCCC(C)(C)C(N)=S)C(C)C. The summed E-state index contributed by atoms with van der Waals surface area (Å²) in [7, 11) is 0. The molecule has 0 bridgehead atoms. The van der Waals surface area contributed by atoms with Crippen LogP contribution in [-0.4, -0.2) is 29.0 Å². The van der Waals surface area contributed by atoms with Gasteiger partial charge in [0.1, 0.15) is 0 Å². The van der Waals surface area contributed by atoms with Gasteiger partial charge in [0.25, 0.3) is 0 Å². The normalized spacial score (nSPS) is 12.5. The van der Waals surface area contributed by atoms with E-state index in [1.807, 2.05) is 0 Å². The summed E-state index contributed by atoms with van der Waals surface area (Å²) in [5.41, 5.74) is 5.70. The first-order valence-electron chi connectivity index (χ1n) is 5.85. The smallest absolute Gasteiger partial charge is 0.0784 e. The molecular formula is C12H26N2S. The number of nitrogens with two attached hydrogens (primary N) is 1. The molecule has 0 aromatic carbocycles. The molecule has 0 aromatic rings. The van der Waals surface area contributed by atoms with Crippen molar-refractivity contribution >= 4 is 17.2 Å². The summed E-state index contributed by atoms with van der Waals surface area (Å²) in [5, 5.41) is 0. The number of thiocarbonyl (C=S) groups is 1. The molecule has 0 aliphatic rings. The maximum absolute atomic E-state index is 5.70. The van der Waals surface area contributed by atoms with E-state index in [4.69, 9.17) is 18.0 Å². The Morgan fingerprint density at radius 3 is 2.27 bits per heavy atom. The van der Waals surface area contributed by atoms with Crippen LogP contribution in [0.15, 0.2) is 0 Å². The lowest BCUT2D eigenvalue weighted by Crippen LogP contribution is -2.34. The summed E-state index contributed by atoms with van der Waals surface area (Å²) in [5.74, 6) is 0. The van der Waals surface area contributed by atoms with Gasteiger partial charge >= 0.3 is 0 Å². The van der Waals surface area contributed by atoms with Gasteiger partial charge in [-0.1, -0.05) is 33.0 Å². The summed E-state index contributed by atoms with van der Waals surface area (Å²) in [6.07, 6.45) is 2.24. The second kappa shape index (κ2) is 6.44. The molecule has 0 atom stereocenters. The van der Waals surface area contributed by atoms with Gasteiger partial charge in [-0.15, -0.1) is 0 Å². The molecule has 0 aromatic heterocycles. The highest BCUT2D eigenvalue weighted by molar-refractivity contribution is 7.80. The van der Waals surface area contributed by atoms with Crippen molar-refractivity contribution < 1.29 is 0 Å². The first kappa shape index (κ1) is 14.8. The van der Waals surface area contributed by atoms with Gasteiger partial charge in [0, 0.05) is 11.5 Å². The molecule has 0 rings (SSSR count). The Labute approximate surface area is 100 Å². The lowest BCUT2D eigenvalue weighted by molar-refractivity contribution is 0.222. The van der Waals surface area contributed by atoms with Crippen LogP contribution in [0.25, 0.3) is 0 Å². The fraction of sp³-hybridized carbons (Fsp3) is 0.917. The Hall–Kier alpha value is -0.150. The third-order valence-corrected chi connectivity index (χ3v) is 3.60. The van der Waals surface area contributed by atoms with E-state index in [0.29, 0.717) is 11.0 Å². The topological polar surface area (TPSA) is 29.3 Å². The predicted octanol–water partition coefficient (Wildman–Crippen LogP) is 2.81. The van der Waals surface area contributed by atoms with Crippen LogP contribution in [0.4, 0.5) is 0 Å². The molecule has 0 saturated carbocycles. The van der Waals surface area contributed by atoms with Crippen LogP contribution in [0, 0.1) is 5.41 Å². The molecular weight excluding hydrogens is 204 g/mol. The highest BCUT2D eigenvalue weighted by atomic mass is 32.1. The maximum atomic E-state index is 5.70. The van der Waals surface area contributed by atoms with Crippen molar-refractivity contribution in [2.24, 2.45) is 11.1 Å². The zero-order valence-electron chi connectivity index (χ0n) is 10.8. The second-order valence-electron chi connectivity index (χ2n) is 5.07. The van der Waals surface area contributed by atoms with E-state index in [2.05, 4.69) is 39.5 Å². The van der Waals surface area contributed by atoms with Crippen LogP contribution < -0.4 is 5.73 Å². The molecule has 0 aliphatic heterocycles. The molecule has 2 N–H and O–H groups in total. The minimum Gasteiger partial charge on any atom is -0.393 e. The Morgan fingerprint density at radius 1 is 1.40 bits per heavy atom. The number of hydrogen-bond acceptors (Lipinski definition) is 2. The van der Waals surface area contributed by atoms with Crippen molar-refractivity contribution in [3.05, 3.63) is 0 Å². The van der Waals surface area contributed by atoms with Gasteiger partial charge in [0.2, 0.25) is 0 Å². The molecule has 0 heterocycles. The Bertz CT molecular complexity index is 200. The zero-order valence-corrected chi connectivity index (χ0v) is 11.7. The number of nitrogens with zero attached hydrogens (tertiary/aromatic N) is 1. The van der Waals surface area contributed by atoms with Crippen molar-refractivity contribution in [3.63, 3.8) is 0 Å². The second-order valence-corrected chi connectivity index (χ2v) is 5.51.